The number of hydrogen-bond acceptors (Lipinski definition) is 7. The van der Waals surface area contributed by atoms with E-state index in [1.165, 1.54) is 29.3 Å². The van der Waals surface area contributed by atoms with Crippen molar-refractivity contribution in [2.75, 3.05) is 53.6 Å². The van der Waals surface area contributed by atoms with Crippen molar-refractivity contribution in [2.24, 2.45) is 0 Å². The number of aromatic hydroxyl groups is 1. The average molecular weight is 563 g/mol. The summed E-state index contributed by atoms with van der Waals surface area (Å²) in [5.74, 6) is -0.599. The molecule has 0 spiro atoms. The molecule has 13 heteroatoms. The number of amides is 1. The van der Waals surface area contributed by atoms with Crippen LogP contribution in [-0.4, -0.2) is 63.5 Å². The first kappa shape index (κ1) is 26.8. The summed E-state index contributed by atoms with van der Waals surface area (Å²) in [5.41, 5.74) is 2.10. The fraction of sp³-hybridized carbons (Fsp3) is 0.308. The number of carbonyl (C=O) groups is 1. The summed E-state index contributed by atoms with van der Waals surface area (Å²) in [7, 11) is -3.65. The fourth-order valence-corrected chi connectivity index (χ4v) is 5.33. The Balaban J connectivity index is 1.48. The third-order valence-electron chi connectivity index (χ3n) is 6.61. The Kier molecular flexibility index (Phi) is 6.89. The zero-order valence-electron chi connectivity index (χ0n) is 20.8. The maximum atomic E-state index is 13.4. The normalized spacial score (nSPS) is 16.3. The first-order chi connectivity index (χ1) is 18.4. The quantitative estimate of drug-likeness (QED) is 0.454. The second-order valence-corrected chi connectivity index (χ2v) is 11.1. The number of benzene rings is 2. The molecule has 0 saturated carbocycles. The lowest BCUT2D eigenvalue weighted by atomic mass is 9.93. The lowest BCUT2D eigenvalue weighted by Crippen LogP contribution is -2.37. The van der Waals surface area contributed by atoms with Gasteiger partial charge in [0.25, 0.3) is 5.91 Å². The van der Waals surface area contributed by atoms with Gasteiger partial charge in [0.05, 0.1) is 25.2 Å². The molecule has 0 aliphatic carbocycles. The lowest BCUT2D eigenvalue weighted by Gasteiger charge is -2.32. The second kappa shape index (κ2) is 10.0. The van der Waals surface area contributed by atoms with Gasteiger partial charge in [-0.3, -0.25) is 14.5 Å². The number of nitrogens with zero attached hydrogens (tertiary/aromatic N) is 3. The first-order valence-corrected chi connectivity index (χ1v) is 14.0. The zero-order chi connectivity index (χ0) is 27.9. The summed E-state index contributed by atoms with van der Waals surface area (Å²) >= 11 is 0. The minimum Gasteiger partial charge on any atom is -0.506 e. The molecule has 1 amide bonds. The predicted octanol–water partition coefficient (Wildman–Crippen LogP) is 3.88. The zero-order valence-corrected chi connectivity index (χ0v) is 21.6. The number of aromatic nitrogens is 1. The number of alkyl halides is 3. The largest absolute Gasteiger partial charge is 0.506 e. The molecule has 2 N–H and O–H groups in total. The van der Waals surface area contributed by atoms with Gasteiger partial charge >= 0.3 is 6.18 Å². The summed E-state index contributed by atoms with van der Waals surface area (Å²) in [6, 6.07) is 10.4. The summed E-state index contributed by atoms with van der Waals surface area (Å²) in [6.45, 7) is 1.96. The number of halogens is 3. The number of nitrogens with one attached hydrogen (secondary N) is 1. The predicted molar refractivity (Wildman–Crippen MR) is 140 cm³/mol. The Morgan fingerprint density at radius 3 is 2.46 bits per heavy atom. The summed E-state index contributed by atoms with van der Waals surface area (Å²) in [4.78, 5) is 20.4. The molecule has 2 aliphatic rings. The Morgan fingerprint density at radius 1 is 1.03 bits per heavy atom. The van der Waals surface area contributed by atoms with Crippen molar-refractivity contribution in [3.8, 4) is 16.9 Å². The average Bonchev–Trinajstić information content (AvgIpc) is 2.89. The molecule has 0 radical (unpaired) electrons. The number of pyridine rings is 1. The summed E-state index contributed by atoms with van der Waals surface area (Å²) in [5, 5.41) is 10.0. The van der Waals surface area contributed by atoms with Crippen molar-refractivity contribution in [3.63, 3.8) is 0 Å². The van der Waals surface area contributed by atoms with Crippen LogP contribution >= 0.6 is 0 Å². The van der Waals surface area contributed by atoms with Crippen LogP contribution in [0.15, 0.2) is 48.7 Å². The fourth-order valence-electron chi connectivity index (χ4n) is 4.76. The number of phenols is 1. The van der Waals surface area contributed by atoms with Gasteiger partial charge in [0.1, 0.15) is 11.4 Å². The van der Waals surface area contributed by atoms with E-state index in [9.17, 15) is 31.5 Å². The second-order valence-electron chi connectivity index (χ2n) is 9.34. The highest BCUT2D eigenvalue weighted by Gasteiger charge is 2.34. The van der Waals surface area contributed by atoms with Crippen LogP contribution in [0.4, 0.5) is 30.2 Å². The molecule has 206 valence electrons. The molecule has 3 heterocycles. The number of sulfonamides is 1. The molecule has 2 aromatic carbocycles. The number of rotatable bonds is 5. The van der Waals surface area contributed by atoms with Gasteiger partial charge < -0.3 is 19.6 Å². The molecule has 1 saturated heterocycles. The molecule has 5 rings (SSSR count). The van der Waals surface area contributed by atoms with Crippen LogP contribution < -0.4 is 14.5 Å². The van der Waals surface area contributed by atoms with Gasteiger partial charge in [-0.2, -0.15) is 13.2 Å². The van der Waals surface area contributed by atoms with Gasteiger partial charge in [0, 0.05) is 48.3 Å². The van der Waals surface area contributed by atoms with E-state index in [1.807, 2.05) is 4.90 Å². The molecule has 0 unspecified atom stereocenters. The molecule has 1 fully saturated rings. The number of anilines is 3. The van der Waals surface area contributed by atoms with Crippen molar-refractivity contribution in [3.05, 3.63) is 65.5 Å². The maximum Gasteiger partial charge on any atom is 0.433 e. The van der Waals surface area contributed by atoms with Crippen LogP contribution in [0.3, 0.4) is 0 Å². The van der Waals surface area contributed by atoms with Gasteiger partial charge in [0.2, 0.25) is 10.0 Å². The first-order valence-electron chi connectivity index (χ1n) is 12.1. The third-order valence-corrected chi connectivity index (χ3v) is 7.20. The van der Waals surface area contributed by atoms with Gasteiger partial charge in [-0.15, -0.1) is 0 Å². The Morgan fingerprint density at radius 2 is 1.77 bits per heavy atom. The van der Waals surface area contributed by atoms with Crippen molar-refractivity contribution >= 4 is 33.0 Å². The van der Waals surface area contributed by atoms with Gasteiger partial charge in [-0.25, -0.2) is 8.42 Å². The summed E-state index contributed by atoms with van der Waals surface area (Å²) < 4.78 is 71.2. The van der Waals surface area contributed by atoms with Crippen LogP contribution in [0.5, 0.6) is 5.75 Å². The molecular weight excluding hydrogens is 537 g/mol. The van der Waals surface area contributed by atoms with Crippen molar-refractivity contribution in [1.29, 1.82) is 0 Å². The molecule has 0 atom stereocenters. The topological polar surface area (TPSA) is 112 Å². The van der Waals surface area contributed by atoms with Crippen LogP contribution in [0, 0.1) is 0 Å². The SMILES string of the molecule is CS(=O)(=O)Nc1cc(N2CCc3cc(-c4cnc(C(F)(F)F)cc4N4CCOCC4)ccc3C2=O)ccc1O. The molecule has 2 aliphatic heterocycles. The number of fused-ring (bicyclic) bond motifs is 1. The van der Waals surface area contributed by atoms with Crippen LogP contribution in [0.1, 0.15) is 21.6 Å². The van der Waals surface area contributed by atoms with Gasteiger partial charge in [-0.05, 0) is 47.9 Å². The van der Waals surface area contributed by atoms with Crippen molar-refractivity contribution in [1.82, 2.24) is 4.98 Å². The molecule has 0 bridgehead atoms. The smallest absolute Gasteiger partial charge is 0.433 e. The lowest BCUT2D eigenvalue weighted by molar-refractivity contribution is -0.141. The number of phenolic OH excluding ortho intramolecular Hbond substituents is 1. The minimum atomic E-state index is -4.59. The molecule has 39 heavy (non-hydrogen) atoms. The number of hydrogen-bond donors (Lipinski definition) is 2. The Bertz CT molecular complexity index is 1540. The molecule has 3 aromatic rings. The van der Waals surface area contributed by atoms with E-state index in [1.54, 1.807) is 18.2 Å². The monoisotopic (exact) mass is 562 g/mol. The van der Waals surface area contributed by atoms with E-state index in [0.717, 1.165) is 17.9 Å². The molecule has 9 nitrogen and oxygen atoms in total. The van der Waals surface area contributed by atoms with Crippen LogP contribution in [-0.2, 0) is 27.4 Å². The van der Waals surface area contributed by atoms with E-state index in [4.69, 9.17) is 4.74 Å². The van der Waals surface area contributed by atoms with E-state index in [-0.39, 0.29) is 23.9 Å². The van der Waals surface area contributed by atoms with Crippen molar-refractivity contribution in [2.45, 2.75) is 12.6 Å². The Hall–Kier alpha value is -3.84. The number of carbonyl (C=O) groups excluding carboxylic acids is 1. The van der Waals surface area contributed by atoms with E-state index in [2.05, 4.69) is 9.71 Å². The molecule has 1 aromatic heterocycles. The highest BCUT2D eigenvalue weighted by molar-refractivity contribution is 7.92. The number of morpholine rings is 1. The highest BCUT2D eigenvalue weighted by atomic mass is 32.2. The van der Waals surface area contributed by atoms with E-state index >= 15 is 0 Å². The number of ether oxygens (including phenoxy) is 1. The Labute approximate surface area is 222 Å². The maximum absolute atomic E-state index is 13.4. The molecular formula is C26H25F3N4O5S. The summed E-state index contributed by atoms with van der Waals surface area (Å²) in [6.07, 6.45) is -1.96. The standard InChI is InChI=1S/C26H25F3N4O5S/c1-39(36,37)31-21-13-18(3-5-23(21)34)33-7-6-17-12-16(2-4-19(17)25(33)35)20-15-30-24(26(27,28)29)14-22(20)32-8-10-38-11-9-32/h2-5,12-15,31,34H,6-11H2,1H3. The van der Waals surface area contributed by atoms with E-state index < -0.39 is 21.9 Å². The minimum absolute atomic E-state index is 0.0469. The van der Waals surface area contributed by atoms with Crippen LogP contribution in [0.2, 0.25) is 0 Å². The highest BCUT2D eigenvalue weighted by Crippen LogP contribution is 2.38. The van der Waals surface area contributed by atoms with Gasteiger partial charge in [0.15, 0.2) is 0 Å². The van der Waals surface area contributed by atoms with E-state index in [0.29, 0.717) is 60.8 Å². The van der Waals surface area contributed by atoms with Gasteiger partial charge in [-0.1, -0.05) is 12.1 Å². The van der Waals surface area contributed by atoms with Crippen molar-refractivity contribution < 1.29 is 36.2 Å². The van der Waals surface area contributed by atoms with Crippen LogP contribution in [0.25, 0.3) is 11.1 Å². The third kappa shape index (κ3) is 5.64.